The fraction of sp³-hybridized carbons (Fsp3) is 0.571. The smallest absolute Gasteiger partial charge is 0.319 e. The number of carbonyl (C=O) groups is 2. The number of urea groups is 1. The van der Waals surface area contributed by atoms with Gasteiger partial charge in [-0.15, -0.1) is 11.3 Å². The lowest BCUT2D eigenvalue weighted by molar-refractivity contribution is -0.132. The van der Waals surface area contributed by atoms with Crippen LogP contribution in [0, 0.1) is 6.92 Å². The van der Waals surface area contributed by atoms with E-state index in [1.165, 1.54) is 17.8 Å². The van der Waals surface area contributed by atoms with Crippen LogP contribution in [0.4, 0.5) is 10.5 Å². The number of hydrogen-bond donors (Lipinski definition) is 2. The molecule has 1 aliphatic heterocycles. The van der Waals surface area contributed by atoms with Gasteiger partial charge < -0.3 is 15.5 Å². The minimum atomic E-state index is -0.414. The number of hydrogen-bond acceptors (Lipinski definition) is 3. The molecule has 1 aromatic rings. The predicted molar refractivity (Wildman–Crippen MR) is 84.0 cm³/mol. The molecule has 1 saturated carbocycles. The summed E-state index contributed by atoms with van der Waals surface area (Å²) in [5.74, 6) is 0.0444. The summed E-state index contributed by atoms with van der Waals surface area (Å²) in [5.41, 5.74) is 1.55. The van der Waals surface area contributed by atoms with Gasteiger partial charge in [0.25, 0.3) is 0 Å². The number of halogens is 1. The lowest BCUT2D eigenvalue weighted by Gasteiger charge is -2.34. The van der Waals surface area contributed by atoms with Crippen molar-refractivity contribution in [3.05, 3.63) is 15.3 Å². The highest BCUT2D eigenvalue weighted by atomic mass is 35.5. The fourth-order valence-corrected chi connectivity index (χ4v) is 3.82. The van der Waals surface area contributed by atoms with Crippen molar-refractivity contribution in [1.29, 1.82) is 0 Å². The van der Waals surface area contributed by atoms with E-state index in [9.17, 15) is 9.59 Å². The average Bonchev–Trinajstić information content (AvgIpc) is 2.87. The molecule has 5 nitrogen and oxygen atoms in total. The van der Waals surface area contributed by atoms with Crippen molar-refractivity contribution in [2.45, 2.75) is 44.7 Å². The molecule has 21 heavy (non-hydrogen) atoms. The van der Waals surface area contributed by atoms with E-state index in [0.717, 1.165) is 24.9 Å². The zero-order valence-corrected chi connectivity index (χ0v) is 13.4. The first-order chi connectivity index (χ1) is 10.1. The number of carbonyl (C=O) groups excluding carboxylic acids is 2. The molecule has 0 bridgehead atoms. The first-order valence-corrected chi connectivity index (χ1v) is 8.43. The molecule has 7 heteroatoms. The fourth-order valence-electron chi connectivity index (χ4n) is 2.77. The molecule has 2 fully saturated rings. The summed E-state index contributed by atoms with van der Waals surface area (Å²) < 4.78 is 0.552. The second-order valence-corrected chi connectivity index (χ2v) is 7.11. The zero-order valence-electron chi connectivity index (χ0n) is 11.8. The lowest BCUT2D eigenvalue weighted by Crippen LogP contribution is -2.47. The van der Waals surface area contributed by atoms with Gasteiger partial charge in [0.15, 0.2) is 0 Å². The zero-order chi connectivity index (χ0) is 15.0. The largest absolute Gasteiger partial charge is 0.338 e. The van der Waals surface area contributed by atoms with Crippen molar-refractivity contribution in [2.24, 2.45) is 0 Å². The van der Waals surface area contributed by atoms with Gasteiger partial charge >= 0.3 is 6.03 Å². The van der Waals surface area contributed by atoms with Gasteiger partial charge in [-0.2, -0.15) is 0 Å². The Labute approximate surface area is 132 Å². The third-order valence-electron chi connectivity index (χ3n) is 4.23. The molecule has 0 radical (unpaired) electrons. The highest BCUT2D eigenvalue weighted by molar-refractivity contribution is 7.15. The lowest BCUT2D eigenvalue weighted by atomic mass is 9.92. The van der Waals surface area contributed by atoms with E-state index < -0.39 is 6.04 Å². The topological polar surface area (TPSA) is 61.4 Å². The minimum Gasteiger partial charge on any atom is -0.338 e. The summed E-state index contributed by atoms with van der Waals surface area (Å²) in [6.45, 7) is 2.63. The third-order valence-corrected chi connectivity index (χ3v) is 5.57. The molecular formula is C14H18ClN3O2S. The van der Waals surface area contributed by atoms with E-state index in [4.69, 9.17) is 11.6 Å². The van der Waals surface area contributed by atoms with Crippen LogP contribution in [0.5, 0.6) is 0 Å². The summed E-state index contributed by atoms with van der Waals surface area (Å²) in [7, 11) is 0. The molecule has 1 unspecified atom stereocenters. The number of amides is 3. The SMILES string of the molecule is Cc1csc(Cl)c1NC(=O)NC1CCN(C2CCC2)C1=O. The average molecular weight is 328 g/mol. The van der Waals surface area contributed by atoms with Gasteiger partial charge in [-0.1, -0.05) is 11.6 Å². The van der Waals surface area contributed by atoms with E-state index in [2.05, 4.69) is 10.6 Å². The van der Waals surface area contributed by atoms with Gasteiger partial charge in [0.2, 0.25) is 5.91 Å². The Morgan fingerprint density at radius 1 is 1.43 bits per heavy atom. The van der Waals surface area contributed by atoms with Gasteiger partial charge in [0, 0.05) is 12.6 Å². The number of nitrogens with one attached hydrogen (secondary N) is 2. The number of anilines is 1. The minimum absolute atomic E-state index is 0.0444. The molecular weight excluding hydrogens is 310 g/mol. The van der Waals surface area contributed by atoms with Crippen LogP contribution in [-0.2, 0) is 4.79 Å². The molecule has 3 rings (SSSR count). The first kappa shape index (κ1) is 14.7. The Balaban J connectivity index is 1.57. The molecule has 0 spiro atoms. The molecule has 2 N–H and O–H groups in total. The number of nitrogens with zero attached hydrogens (tertiary/aromatic N) is 1. The highest BCUT2D eigenvalue weighted by Crippen LogP contribution is 2.32. The van der Waals surface area contributed by atoms with Crippen molar-refractivity contribution >= 4 is 40.6 Å². The molecule has 114 valence electrons. The Morgan fingerprint density at radius 3 is 2.76 bits per heavy atom. The van der Waals surface area contributed by atoms with E-state index in [-0.39, 0.29) is 11.9 Å². The van der Waals surface area contributed by atoms with Crippen molar-refractivity contribution in [2.75, 3.05) is 11.9 Å². The second kappa shape index (κ2) is 5.85. The number of thiophene rings is 1. The Bertz CT molecular complexity index is 551. The molecule has 1 atom stereocenters. The summed E-state index contributed by atoms with van der Waals surface area (Å²) in [5, 5.41) is 7.38. The van der Waals surface area contributed by atoms with Crippen LogP contribution in [-0.4, -0.2) is 35.5 Å². The third kappa shape index (κ3) is 2.87. The van der Waals surface area contributed by atoms with Gasteiger partial charge in [-0.25, -0.2) is 4.79 Å². The van der Waals surface area contributed by atoms with Crippen molar-refractivity contribution in [3.63, 3.8) is 0 Å². The second-order valence-electron chi connectivity index (χ2n) is 5.62. The predicted octanol–water partition coefficient (Wildman–Crippen LogP) is 2.98. The van der Waals surface area contributed by atoms with E-state index in [0.29, 0.717) is 22.5 Å². The standard InChI is InChI=1S/C14H18ClN3O2S/c1-8-7-21-12(15)11(8)17-14(20)16-10-5-6-18(13(10)19)9-3-2-4-9/h7,9-10H,2-6H2,1H3,(H2,16,17,20). The number of rotatable bonds is 3. The molecule has 1 saturated heterocycles. The molecule has 2 aliphatic rings. The maximum atomic E-state index is 12.3. The van der Waals surface area contributed by atoms with Crippen LogP contribution >= 0.6 is 22.9 Å². The monoisotopic (exact) mass is 327 g/mol. The van der Waals surface area contributed by atoms with Crippen LogP contribution in [0.2, 0.25) is 4.34 Å². The molecule has 0 aromatic carbocycles. The molecule has 2 heterocycles. The normalized spacial score (nSPS) is 22.3. The van der Waals surface area contributed by atoms with Gasteiger partial charge in [-0.3, -0.25) is 4.79 Å². The molecule has 1 aromatic heterocycles. The number of likely N-dealkylation sites (tertiary alicyclic amines) is 1. The van der Waals surface area contributed by atoms with Crippen LogP contribution in [0.25, 0.3) is 0 Å². The van der Waals surface area contributed by atoms with Crippen molar-refractivity contribution in [3.8, 4) is 0 Å². The van der Waals surface area contributed by atoms with Gasteiger partial charge in [-0.05, 0) is 43.6 Å². The van der Waals surface area contributed by atoms with Crippen molar-refractivity contribution in [1.82, 2.24) is 10.2 Å². The van der Waals surface area contributed by atoms with Crippen LogP contribution < -0.4 is 10.6 Å². The van der Waals surface area contributed by atoms with Crippen LogP contribution in [0.1, 0.15) is 31.2 Å². The highest BCUT2D eigenvalue weighted by Gasteiger charge is 2.38. The molecule has 3 amide bonds. The summed E-state index contributed by atoms with van der Waals surface area (Å²) in [6.07, 6.45) is 4.06. The summed E-state index contributed by atoms with van der Waals surface area (Å²) >= 11 is 7.41. The maximum absolute atomic E-state index is 12.3. The van der Waals surface area contributed by atoms with E-state index in [1.54, 1.807) is 0 Å². The Morgan fingerprint density at radius 2 is 2.19 bits per heavy atom. The van der Waals surface area contributed by atoms with Gasteiger partial charge in [0.05, 0.1) is 5.69 Å². The molecule has 1 aliphatic carbocycles. The van der Waals surface area contributed by atoms with Crippen molar-refractivity contribution < 1.29 is 9.59 Å². The summed E-state index contributed by atoms with van der Waals surface area (Å²) in [6, 6.07) is -0.392. The van der Waals surface area contributed by atoms with E-state index in [1.807, 2.05) is 17.2 Å². The van der Waals surface area contributed by atoms with Gasteiger partial charge in [0.1, 0.15) is 10.4 Å². The first-order valence-electron chi connectivity index (χ1n) is 7.18. The summed E-state index contributed by atoms with van der Waals surface area (Å²) in [4.78, 5) is 26.2. The van der Waals surface area contributed by atoms with E-state index >= 15 is 0 Å². The Kier molecular flexibility index (Phi) is 4.08. The quantitative estimate of drug-likeness (QED) is 0.896. The van der Waals surface area contributed by atoms with Crippen LogP contribution in [0.15, 0.2) is 5.38 Å². The Hall–Kier alpha value is -1.27. The number of aryl methyl sites for hydroxylation is 1. The maximum Gasteiger partial charge on any atom is 0.319 e. The van der Waals surface area contributed by atoms with Crippen LogP contribution in [0.3, 0.4) is 0 Å².